The fourth-order valence-corrected chi connectivity index (χ4v) is 1.83. The molecule has 1 aromatic rings. The molecule has 0 spiro atoms. The van der Waals surface area contributed by atoms with Crippen LogP contribution in [0.5, 0.6) is 0 Å². The predicted molar refractivity (Wildman–Crippen MR) is 78.1 cm³/mol. The van der Waals surface area contributed by atoms with Crippen LogP contribution in [-0.2, 0) is 11.8 Å². The number of rotatable bonds is 6. The Kier molecular flexibility index (Phi) is 5.20. The third-order valence-electron chi connectivity index (χ3n) is 2.96. The number of aryl methyl sites for hydroxylation is 1. The predicted octanol–water partition coefficient (Wildman–Crippen LogP) is 1.45. The minimum Gasteiger partial charge on any atom is -0.394 e. The molecule has 4 N–H and O–H groups in total. The van der Waals surface area contributed by atoms with Crippen molar-refractivity contribution in [2.75, 3.05) is 17.6 Å². The number of aromatic nitrogens is 2. The van der Waals surface area contributed by atoms with Gasteiger partial charge in [0.1, 0.15) is 11.9 Å². The van der Waals surface area contributed by atoms with Gasteiger partial charge in [-0.25, -0.2) is 0 Å². The maximum Gasteiger partial charge on any atom is 0.242 e. The number of nitrogens with one attached hydrogen (secondary N) is 2. The van der Waals surface area contributed by atoms with Gasteiger partial charge in [0.15, 0.2) is 0 Å². The Balaban J connectivity index is 2.79. The van der Waals surface area contributed by atoms with Gasteiger partial charge in [-0.15, -0.1) is 0 Å². The van der Waals surface area contributed by atoms with E-state index >= 15 is 0 Å². The molecule has 1 heterocycles. The van der Waals surface area contributed by atoms with E-state index in [1.165, 1.54) is 0 Å². The third-order valence-corrected chi connectivity index (χ3v) is 2.96. The minimum atomic E-state index is -0.343. The summed E-state index contributed by atoms with van der Waals surface area (Å²) in [6, 6.07) is -0.343. The first-order chi connectivity index (χ1) is 8.88. The molecule has 1 atom stereocenters. The second-order valence-electron chi connectivity index (χ2n) is 5.08. The molecular weight excluding hydrogens is 242 g/mol. The summed E-state index contributed by atoms with van der Waals surface area (Å²) in [6.45, 7) is 8.60. The molecule has 0 bridgehead atoms. The molecule has 0 aromatic carbocycles. The van der Waals surface area contributed by atoms with E-state index in [0.29, 0.717) is 18.1 Å². The number of nitrogen functional groups attached to an aromatic ring is 1. The van der Waals surface area contributed by atoms with Gasteiger partial charge in [-0.05, 0) is 19.3 Å². The number of carbonyl (C=O) groups excluding carboxylic acids is 1. The first-order valence-corrected chi connectivity index (χ1v) is 6.75. The summed E-state index contributed by atoms with van der Waals surface area (Å²) in [7, 11) is 1.82. The van der Waals surface area contributed by atoms with E-state index in [1.54, 1.807) is 4.68 Å². The highest BCUT2D eigenvalue weighted by Crippen LogP contribution is 2.28. The van der Waals surface area contributed by atoms with Crippen molar-refractivity contribution in [3.05, 3.63) is 5.69 Å². The van der Waals surface area contributed by atoms with Crippen LogP contribution in [-0.4, -0.2) is 28.3 Å². The van der Waals surface area contributed by atoms with E-state index in [9.17, 15) is 4.79 Å². The van der Waals surface area contributed by atoms with E-state index in [1.807, 2.05) is 34.7 Å². The Labute approximate surface area is 114 Å². The van der Waals surface area contributed by atoms with Gasteiger partial charge in [-0.3, -0.25) is 9.48 Å². The largest absolute Gasteiger partial charge is 0.394 e. The van der Waals surface area contributed by atoms with Gasteiger partial charge in [0.05, 0.1) is 11.4 Å². The fourth-order valence-electron chi connectivity index (χ4n) is 1.83. The summed E-state index contributed by atoms with van der Waals surface area (Å²) in [5.74, 6) is 0.919. The van der Waals surface area contributed by atoms with Crippen LogP contribution in [0.3, 0.4) is 0 Å². The molecule has 0 aliphatic rings. The van der Waals surface area contributed by atoms with Crippen LogP contribution in [0.4, 0.5) is 11.5 Å². The lowest BCUT2D eigenvalue weighted by molar-refractivity contribution is -0.121. The highest BCUT2D eigenvalue weighted by atomic mass is 16.2. The van der Waals surface area contributed by atoms with E-state index < -0.39 is 0 Å². The quantitative estimate of drug-likeness (QED) is 0.728. The second-order valence-corrected chi connectivity index (χ2v) is 5.08. The highest BCUT2D eigenvalue weighted by Gasteiger charge is 2.19. The van der Waals surface area contributed by atoms with Gasteiger partial charge in [-0.1, -0.05) is 20.8 Å². The lowest BCUT2D eigenvalue weighted by Gasteiger charge is -2.15. The molecule has 0 fully saturated rings. The molecule has 0 aliphatic carbocycles. The van der Waals surface area contributed by atoms with Crippen molar-refractivity contribution in [3.8, 4) is 0 Å². The van der Waals surface area contributed by atoms with Crippen molar-refractivity contribution in [2.45, 2.75) is 46.1 Å². The lowest BCUT2D eigenvalue weighted by atomic mass is 10.1. The van der Waals surface area contributed by atoms with Gasteiger partial charge >= 0.3 is 0 Å². The molecule has 0 radical (unpaired) electrons. The van der Waals surface area contributed by atoms with Crippen LogP contribution >= 0.6 is 0 Å². The summed E-state index contributed by atoms with van der Waals surface area (Å²) in [5.41, 5.74) is 7.55. The van der Waals surface area contributed by atoms with Crippen molar-refractivity contribution in [1.82, 2.24) is 15.1 Å². The zero-order valence-electron chi connectivity index (χ0n) is 12.4. The van der Waals surface area contributed by atoms with E-state index in [0.717, 1.165) is 12.1 Å². The summed E-state index contributed by atoms with van der Waals surface area (Å²) >= 11 is 0. The molecule has 0 saturated carbocycles. The number of anilines is 2. The molecule has 0 aliphatic heterocycles. The maximum absolute atomic E-state index is 11.8. The Morgan fingerprint density at radius 1 is 1.42 bits per heavy atom. The maximum atomic E-state index is 11.8. The van der Waals surface area contributed by atoms with E-state index in [-0.39, 0.29) is 17.9 Å². The Hall–Kier alpha value is -1.72. The van der Waals surface area contributed by atoms with Crippen LogP contribution < -0.4 is 16.4 Å². The van der Waals surface area contributed by atoms with E-state index in [2.05, 4.69) is 15.7 Å². The molecule has 1 amide bonds. The minimum absolute atomic E-state index is 0.0338. The fraction of sp³-hybridized carbons (Fsp3) is 0.692. The molecule has 1 aromatic heterocycles. The average molecular weight is 267 g/mol. The lowest BCUT2D eigenvalue weighted by Crippen LogP contribution is -2.38. The number of carbonyl (C=O) groups is 1. The number of amides is 1. The second kappa shape index (κ2) is 6.45. The molecular formula is C13H25N5O. The molecule has 1 unspecified atom stereocenters. The van der Waals surface area contributed by atoms with Crippen LogP contribution in [0, 0.1) is 0 Å². The first kappa shape index (κ1) is 15.3. The number of nitrogens with two attached hydrogens (primary N) is 1. The van der Waals surface area contributed by atoms with Crippen LogP contribution in [0.15, 0.2) is 0 Å². The number of hydrogen-bond donors (Lipinski definition) is 3. The van der Waals surface area contributed by atoms with Crippen molar-refractivity contribution in [2.24, 2.45) is 7.05 Å². The van der Waals surface area contributed by atoms with Crippen LogP contribution in [0.25, 0.3) is 0 Å². The van der Waals surface area contributed by atoms with Gasteiger partial charge in [0.25, 0.3) is 0 Å². The summed E-state index contributed by atoms with van der Waals surface area (Å²) in [4.78, 5) is 11.8. The van der Waals surface area contributed by atoms with Crippen LogP contribution in [0.2, 0.25) is 0 Å². The molecule has 108 valence electrons. The normalized spacial score (nSPS) is 12.5. The van der Waals surface area contributed by atoms with Gasteiger partial charge in [0, 0.05) is 13.6 Å². The third kappa shape index (κ3) is 3.62. The highest BCUT2D eigenvalue weighted by molar-refractivity contribution is 5.85. The molecule has 6 heteroatoms. The molecule has 1 rings (SSSR count). The molecule has 0 saturated heterocycles. The van der Waals surface area contributed by atoms with Crippen LogP contribution in [0.1, 0.15) is 45.7 Å². The van der Waals surface area contributed by atoms with Gasteiger partial charge < -0.3 is 16.4 Å². The Morgan fingerprint density at radius 3 is 2.53 bits per heavy atom. The van der Waals surface area contributed by atoms with Gasteiger partial charge in [-0.2, -0.15) is 5.10 Å². The summed E-state index contributed by atoms with van der Waals surface area (Å²) in [6.07, 6.45) is 0.920. The zero-order chi connectivity index (χ0) is 14.6. The van der Waals surface area contributed by atoms with Crippen molar-refractivity contribution >= 4 is 17.4 Å². The SMILES string of the molecule is CCCNC(=O)C(C)Nc1c(N)c(C(C)C)nn1C. The topological polar surface area (TPSA) is 85.0 Å². The first-order valence-electron chi connectivity index (χ1n) is 6.75. The molecule has 6 nitrogen and oxygen atoms in total. The van der Waals surface area contributed by atoms with Gasteiger partial charge in [0.2, 0.25) is 5.91 Å². The zero-order valence-corrected chi connectivity index (χ0v) is 12.4. The smallest absolute Gasteiger partial charge is 0.242 e. The summed E-state index contributed by atoms with van der Waals surface area (Å²) < 4.78 is 1.69. The number of hydrogen-bond acceptors (Lipinski definition) is 4. The van der Waals surface area contributed by atoms with Crippen molar-refractivity contribution < 1.29 is 4.79 Å². The van der Waals surface area contributed by atoms with Crippen molar-refractivity contribution in [1.29, 1.82) is 0 Å². The van der Waals surface area contributed by atoms with Crippen molar-refractivity contribution in [3.63, 3.8) is 0 Å². The Morgan fingerprint density at radius 2 is 2.05 bits per heavy atom. The Bertz CT molecular complexity index is 438. The van der Waals surface area contributed by atoms with E-state index in [4.69, 9.17) is 5.73 Å². The monoisotopic (exact) mass is 267 g/mol. The molecule has 19 heavy (non-hydrogen) atoms. The standard InChI is InChI=1S/C13H25N5O/c1-6-7-15-13(19)9(4)16-12-10(14)11(8(2)3)17-18(12)5/h8-9,16H,6-7,14H2,1-5H3,(H,15,19). The summed E-state index contributed by atoms with van der Waals surface area (Å²) in [5, 5.41) is 10.4. The number of nitrogens with zero attached hydrogens (tertiary/aromatic N) is 2. The average Bonchev–Trinajstić information content (AvgIpc) is 2.63.